The van der Waals surface area contributed by atoms with E-state index in [2.05, 4.69) is 48.7 Å². The van der Waals surface area contributed by atoms with Crippen LogP contribution < -0.4 is 10.6 Å². The largest absolute Gasteiger partial charge is 0.360 e. The van der Waals surface area contributed by atoms with Crippen LogP contribution in [0.5, 0.6) is 0 Å². The van der Waals surface area contributed by atoms with Crippen molar-refractivity contribution in [2.75, 3.05) is 0 Å². The first-order chi connectivity index (χ1) is 7.65. The molecule has 0 heterocycles. The number of thiocarbonyl (C=S) groups is 1. The minimum absolute atomic E-state index is 0.263. The van der Waals surface area contributed by atoms with Crippen molar-refractivity contribution in [3.63, 3.8) is 0 Å². The average molecular weight is 234 g/mol. The van der Waals surface area contributed by atoms with E-state index in [1.54, 1.807) is 0 Å². The van der Waals surface area contributed by atoms with Crippen LogP contribution in [0.1, 0.15) is 36.9 Å². The summed E-state index contributed by atoms with van der Waals surface area (Å²) in [6.07, 6.45) is 2.50. The Kier molecular flexibility index (Phi) is 3.44. The van der Waals surface area contributed by atoms with Gasteiger partial charge < -0.3 is 10.6 Å². The van der Waals surface area contributed by atoms with Crippen LogP contribution in [0.25, 0.3) is 0 Å². The van der Waals surface area contributed by atoms with E-state index in [1.165, 1.54) is 24.0 Å². The van der Waals surface area contributed by atoms with E-state index in [1.807, 2.05) is 0 Å². The van der Waals surface area contributed by atoms with Crippen molar-refractivity contribution < 1.29 is 0 Å². The van der Waals surface area contributed by atoms with E-state index in [-0.39, 0.29) is 6.04 Å². The zero-order chi connectivity index (χ0) is 11.5. The molecule has 0 amide bonds. The second kappa shape index (κ2) is 4.83. The Balaban J connectivity index is 1.88. The average Bonchev–Trinajstić information content (AvgIpc) is 3.02. The Bertz CT molecular complexity index is 368. The van der Waals surface area contributed by atoms with Gasteiger partial charge in [0.25, 0.3) is 0 Å². The second-order valence-corrected chi connectivity index (χ2v) is 4.93. The SMILES string of the molecule is Cc1ccc(C(C)NC(=S)NC2CC2)cc1. The van der Waals surface area contributed by atoms with Crippen LogP contribution in [0.2, 0.25) is 0 Å². The van der Waals surface area contributed by atoms with Gasteiger partial charge in [0.05, 0.1) is 6.04 Å². The molecule has 0 bridgehead atoms. The van der Waals surface area contributed by atoms with Gasteiger partial charge in [-0.2, -0.15) is 0 Å². The Labute approximate surface area is 102 Å². The molecule has 2 N–H and O–H groups in total. The molecule has 1 atom stereocenters. The van der Waals surface area contributed by atoms with Crippen LogP contribution in [-0.2, 0) is 0 Å². The van der Waals surface area contributed by atoms with Crippen molar-refractivity contribution >= 4 is 17.3 Å². The number of hydrogen-bond acceptors (Lipinski definition) is 1. The van der Waals surface area contributed by atoms with Crippen molar-refractivity contribution in [2.24, 2.45) is 0 Å². The lowest BCUT2D eigenvalue weighted by atomic mass is 10.1. The minimum Gasteiger partial charge on any atom is -0.360 e. The topological polar surface area (TPSA) is 24.1 Å². The predicted octanol–water partition coefficient (Wildman–Crippen LogP) is 2.68. The molecular weight excluding hydrogens is 216 g/mol. The fourth-order valence-electron chi connectivity index (χ4n) is 1.59. The fourth-order valence-corrected chi connectivity index (χ4v) is 1.93. The van der Waals surface area contributed by atoms with Gasteiger partial charge in [0.2, 0.25) is 0 Å². The number of rotatable bonds is 3. The van der Waals surface area contributed by atoms with Gasteiger partial charge >= 0.3 is 0 Å². The van der Waals surface area contributed by atoms with Crippen molar-refractivity contribution in [3.8, 4) is 0 Å². The van der Waals surface area contributed by atoms with E-state index in [9.17, 15) is 0 Å². The van der Waals surface area contributed by atoms with Crippen LogP contribution >= 0.6 is 12.2 Å². The molecule has 0 spiro atoms. The maximum Gasteiger partial charge on any atom is 0.166 e. The molecule has 2 rings (SSSR count). The van der Waals surface area contributed by atoms with Crippen LogP contribution in [0.4, 0.5) is 0 Å². The number of nitrogens with one attached hydrogen (secondary N) is 2. The molecule has 1 aromatic carbocycles. The highest BCUT2D eigenvalue weighted by Gasteiger charge is 2.22. The molecular formula is C13H18N2S. The summed E-state index contributed by atoms with van der Waals surface area (Å²) in [6, 6.07) is 9.43. The lowest BCUT2D eigenvalue weighted by Crippen LogP contribution is -2.37. The first kappa shape index (κ1) is 11.4. The number of hydrogen-bond donors (Lipinski definition) is 2. The molecule has 86 valence electrons. The first-order valence-corrected chi connectivity index (χ1v) is 6.19. The summed E-state index contributed by atoms with van der Waals surface area (Å²) < 4.78 is 0. The lowest BCUT2D eigenvalue weighted by Gasteiger charge is -2.17. The molecule has 0 aromatic heterocycles. The summed E-state index contributed by atoms with van der Waals surface area (Å²) in [5.74, 6) is 0. The second-order valence-electron chi connectivity index (χ2n) is 4.52. The molecule has 0 saturated heterocycles. The van der Waals surface area contributed by atoms with Crippen LogP contribution in [0.15, 0.2) is 24.3 Å². The van der Waals surface area contributed by atoms with Gasteiger partial charge in [0, 0.05) is 6.04 Å². The molecule has 1 aliphatic carbocycles. The zero-order valence-corrected chi connectivity index (χ0v) is 10.6. The maximum absolute atomic E-state index is 5.25. The summed E-state index contributed by atoms with van der Waals surface area (Å²) in [7, 11) is 0. The molecule has 1 aromatic rings. The van der Waals surface area contributed by atoms with E-state index < -0.39 is 0 Å². The van der Waals surface area contributed by atoms with E-state index >= 15 is 0 Å². The third-order valence-corrected chi connectivity index (χ3v) is 3.07. The summed E-state index contributed by atoms with van der Waals surface area (Å²) in [5, 5.41) is 7.37. The molecule has 1 aliphatic rings. The Morgan fingerprint density at radius 3 is 2.50 bits per heavy atom. The van der Waals surface area contributed by atoms with Gasteiger partial charge in [0.15, 0.2) is 5.11 Å². The van der Waals surface area contributed by atoms with Gasteiger partial charge in [-0.15, -0.1) is 0 Å². The third-order valence-electron chi connectivity index (χ3n) is 2.84. The van der Waals surface area contributed by atoms with Gasteiger partial charge in [-0.3, -0.25) is 0 Å². The van der Waals surface area contributed by atoms with Crippen LogP contribution in [-0.4, -0.2) is 11.2 Å². The molecule has 1 fully saturated rings. The van der Waals surface area contributed by atoms with Crippen molar-refractivity contribution in [3.05, 3.63) is 35.4 Å². The lowest BCUT2D eigenvalue weighted by molar-refractivity contribution is 0.697. The zero-order valence-electron chi connectivity index (χ0n) is 9.79. The molecule has 16 heavy (non-hydrogen) atoms. The summed E-state index contributed by atoms with van der Waals surface area (Å²) in [6.45, 7) is 4.23. The third kappa shape index (κ3) is 3.20. The minimum atomic E-state index is 0.263. The predicted molar refractivity (Wildman–Crippen MR) is 71.5 cm³/mol. The van der Waals surface area contributed by atoms with Crippen molar-refractivity contribution in [1.82, 2.24) is 10.6 Å². The summed E-state index contributed by atoms with van der Waals surface area (Å²) >= 11 is 5.25. The van der Waals surface area contributed by atoms with Gasteiger partial charge in [-0.05, 0) is 44.5 Å². The van der Waals surface area contributed by atoms with E-state index in [0.29, 0.717) is 6.04 Å². The number of benzene rings is 1. The highest BCUT2D eigenvalue weighted by atomic mass is 32.1. The Hall–Kier alpha value is -1.09. The number of aryl methyl sites for hydroxylation is 1. The van der Waals surface area contributed by atoms with Crippen molar-refractivity contribution in [1.29, 1.82) is 0 Å². The fraction of sp³-hybridized carbons (Fsp3) is 0.462. The maximum atomic E-state index is 5.25. The monoisotopic (exact) mass is 234 g/mol. The highest BCUT2D eigenvalue weighted by molar-refractivity contribution is 7.80. The molecule has 3 heteroatoms. The van der Waals surface area contributed by atoms with E-state index in [0.717, 1.165) is 5.11 Å². The van der Waals surface area contributed by atoms with Crippen molar-refractivity contribution in [2.45, 2.75) is 38.8 Å². The van der Waals surface area contributed by atoms with E-state index in [4.69, 9.17) is 12.2 Å². The standard InChI is InChI=1S/C13H18N2S/c1-9-3-5-11(6-4-9)10(2)14-13(16)15-12-7-8-12/h3-6,10,12H,7-8H2,1-2H3,(H2,14,15,16). The highest BCUT2D eigenvalue weighted by Crippen LogP contribution is 2.19. The van der Waals surface area contributed by atoms with Gasteiger partial charge in [0.1, 0.15) is 0 Å². The first-order valence-electron chi connectivity index (χ1n) is 5.79. The van der Waals surface area contributed by atoms with Gasteiger partial charge in [-0.1, -0.05) is 29.8 Å². The molecule has 0 aliphatic heterocycles. The van der Waals surface area contributed by atoms with Crippen LogP contribution in [0.3, 0.4) is 0 Å². The van der Waals surface area contributed by atoms with Crippen LogP contribution in [0, 0.1) is 6.92 Å². The molecule has 1 saturated carbocycles. The Morgan fingerprint density at radius 1 is 1.31 bits per heavy atom. The normalized spacial score (nSPS) is 16.6. The summed E-state index contributed by atoms with van der Waals surface area (Å²) in [5.41, 5.74) is 2.56. The quantitative estimate of drug-likeness (QED) is 0.786. The molecule has 1 unspecified atom stereocenters. The van der Waals surface area contributed by atoms with Gasteiger partial charge in [-0.25, -0.2) is 0 Å². The smallest absolute Gasteiger partial charge is 0.166 e. The Morgan fingerprint density at radius 2 is 1.94 bits per heavy atom. The summed E-state index contributed by atoms with van der Waals surface area (Å²) in [4.78, 5) is 0. The molecule has 0 radical (unpaired) electrons. The molecule has 2 nitrogen and oxygen atoms in total.